The Hall–Kier alpha value is -2.85. The van der Waals surface area contributed by atoms with E-state index < -0.39 is 0 Å². The number of benzene rings is 1. The van der Waals surface area contributed by atoms with E-state index >= 15 is 0 Å². The van der Waals surface area contributed by atoms with Crippen LogP contribution in [0.2, 0.25) is 0 Å². The summed E-state index contributed by atoms with van der Waals surface area (Å²) < 4.78 is 0. The van der Waals surface area contributed by atoms with Crippen molar-refractivity contribution in [2.24, 2.45) is 0 Å². The van der Waals surface area contributed by atoms with Crippen LogP contribution in [0, 0.1) is 22.7 Å². The predicted molar refractivity (Wildman–Crippen MR) is 68.2 cm³/mol. The molecule has 0 saturated carbocycles. The maximum Gasteiger partial charge on any atom is 0.132 e. The summed E-state index contributed by atoms with van der Waals surface area (Å²) in [6, 6.07) is 14.9. The molecular weight excluding hydrogens is 224 g/mol. The van der Waals surface area contributed by atoms with Gasteiger partial charge in [0.2, 0.25) is 0 Å². The highest BCUT2D eigenvalue weighted by Gasteiger charge is 2.09. The zero-order chi connectivity index (χ0) is 13.0. The molecule has 0 spiro atoms. The molecule has 0 atom stereocenters. The third kappa shape index (κ3) is 2.14. The number of pyridine rings is 1. The summed E-state index contributed by atoms with van der Waals surface area (Å²) in [5.74, 6) is 0.691. The number of hydrogen-bond acceptors (Lipinski definition) is 4. The molecular formula is C14H10N4. The SMILES string of the molecule is CN(c1ccc(C#N)cn1)c1ccccc1C#N. The largest absolute Gasteiger partial charge is 0.328 e. The Balaban J connectivity index is 2.39. The van der Waals surface area contributed by atoms with Crippen molar-refractivity contribution in [3.63, 3.8) is 0 Å². The lowest BCUT2D eigenvalue weighted by Crippen LogP contribution is -2.12. The lowest BCUT2D eigenvalue weighted by atomic mass is 10.2. The topological polar surface area (TPSA) is 63.7 Å². The van der Waals surface area contributed by atoms with Crippen molar-refractivity contribution in [2.45, 2.75) is 0 Å². The second-order valence-corrected chi connectivity index (χ2v) is 3.70. The molecule has 4 heteroatoms. The van der Waals surface area contributed by atoms with Crippen molar-refractivity contribution in [2.75, 3.05) is 11.9 Å². The minimum Gasteiger partial charge on any atom is -0.328 e. The van der Waals surface area contributed by atoms with Gasteiger partial charge in [0.1, 0.15) is 18.0 Å². The van der Waals surface area contributed by atoms with Crippen molar-refractivity contribution >= 4 is 11.5 Å². The quantitative estimate of drug-likeness (QED) is 0.801. The average molecular weight is 234 g/mol. The van der Waals surface area contributed by atoms with Crippen LogP contribution in [0.1, 0.15) is 11.1 Å². The van der Waals surface area contributed by atoms with Crippen LogP contribution in [0.25, 0.3) is 0 Å². The molecule has 1 aromatic carbocycles. The van der Waals surface area contributed by atoms with E-state index in [-0.39, 0.29) is 0 Å². The van der Waals surface area contributed by atoms with Crippen molar-refractivity contribution in [3.8, 4) is 12.1 Å². The van der Waals surface area contributed by atoms with Crippen LogP contribution in [0.4, 0.5) is 11.5 Å². The molecule has 0 radical (unpaired) electrons. The van der Waals surface area contributed by atoms with Crippen molar-refractivity contribution in [1.82, 2.24) is 4.98 Å². The fourth-order valence-corrected chi connectivity index (χ4v) is 1.63. The zero-order valence-corrected chi connectivity index (χ0v) is 9.83. The number of rotatable bonds is 2. The molecule has 4 nitrogen and oxygen atoms in total. The monoisotopic (exact) mass is 234 g/mol. The molecule has 2 aromatic rings. The first-order valence-electron chi connectivity index (χ1n) is 5.35. The van der Waals surface area contributed by atoms with E-state index in [1.807, 2.05) is 36.2 Å². The first kappa shape index (κ1) is 11.6. The number of nitriles is 2. The molecule has 0 fully saturated rings. The third-order valence-corrected chi connectivity index (χ3v) is 2.61. The van der Waals surface area contributed by atoms with Crippen LogP contribution in [-0.4, -0.2) is 12.0 Å². The fourth-order valence-electron chi connectivity index (χ4n) is 1.63. The Morgan fingerprint density at radius 2 is 1.83 bits per heavy atom. The van der Waals surface area contributed by atoms with Gasteiger partial charge in [-0.2, -0.15) is 10.5 Å². The van der Waals surface area contributed by atoms with Gasteiger partial charge in [0.15, 0.2) is 0 Å². The number of para-hydroxylation sites is 1. The first-order valence-corrected chi connectivity index (χ1v) is 5.35. The van der Waals surface area contributed by atoms with Crippen LogP contribution in [0.15, 0.2) is 42.6 Å². The molecule has 0 aliphatic rings. The fraction of sp³-hybridized carbons (Fsp3) is 0.0714. The van der Waals surface area contributed by atoms with Gasteiger partial charge in [-0.05, 0) is 24.3 Å². The lowest BCUT2D eigenvalue weighted by Gasteiger charge is -2.19. The number of aromatic nitrogens is 1. The van der Waals surface area contributed by atoms with E-state index in [0.717, 1.165) is 5.69 Å². The summed E-state index contributed by atoms with van der Waals surface area (Å²) in [5, 5.41) is 17.8. The van der Waals surface area contributed by atoms with E-state index in [1.54, 1.807) is 18.2 Å². The molecule has 0 amide bonds. The summed E-state index contributed by atoms with van der Waals surface area (Å²) in [7, 11) is 1.84. The molecule has 18 heavy (non-hydrogen) atoms. The van der Waals surface area contributed by atoms with E-state index in [1.165, 1.54) is 6.20 Å². The van der Waals surface area contributed by atoms with Gasteiger partial charge in [-0.15, -0.1) is 0 Å². The van der Waals surface area contributed by atoms with Gasteiger partial charge >= 0.3 is 0 Å². The molecule has 86 valence electrons. The van der Waals surface area contributed by atoms with Crippen LogP contribution in [0.5, 0.6) is 0 Å². The zero-order valence-electron chi connectivity index (χ0n) is 9.83. The van der Waals surface area contributed by atoms with Gasteiger partial charge in [0.05, 0.1) is 16.8 Å². The van der Waals surface area contributed by atoms with Crippen molar-refractivity contribution in [1.29, 1.82) is 10.5 Å². The van der Waals surface area contributed by atoms with Crippen LogP contribution >= 0.6 is 0 Å². The van der Waals surface area contributed by atoms with Crippen LogP contribution in [-0.2, 0) is 0 Å². The molecule has 0 saturated heterocycles. The van der Waals surface area contributed by atoms with E-state index in [0.29, 0.717) is 16.9 Å². The molecule has 0 aliphatic carbocycles. The number of anilines is 2. The highest BCUT2D eigenvalue weighted by atomic mass is 15.2. The van der Waals surface area contributed by atoms with Gasteiger partial charge in [-0.25, -0.2) is 4.98 Å². The summed E-state index contributed by atoms with van der Waals surface area (Å²) >= 11 is 0. The van der Waals surface area contributed by atoms with Crippen molar-refractivity contribution in [3.05, 3.63) is 53.7 Å². The minimum absolute atomic E-state index is 0.515. The van der Waals surface area contributed by atoms with Gasteiger partial charge < -0.3 is 4.90 Å². The normalized spacial score (nSPS) is 9.28. The Morgan fingerprint density at radius 1 is 1.06 bits per heavy atom. The molecule has 1 aromatic heterocycles. The lowest BCUT2D eigenvalue weighted by molar-refractivity contribution is 1.12. The summed E-state index contributed by atoms with van der Waals surface area (Å²) in [4.78, 5) is 6.01. The number of nitrogens with zero attached hydrogens (tertiary/aromatic N) is 4. The predicted octanol–water partition coefficient (Wildman–Crippen LogP) is 2.59. The standard InChI is InChI=1S/C14H10N4/c1-18(13-5-3-2-4-12(13)9-16)14-7-6-11(8-15)10-17-14/h2-7,10H,1H3. The third-order valence-electron chi connectivity index (χ3n) is 2.61. The summed E-state index contributed by atoms with van der Waals surface area (Å²) in [5.41, 5.74) is 1.89. The van der Waals surface area contributed by atoms with Gasteiger partial charge in [0.25, 0.3) is 0 Å². The molecule has 0 aliphatic heterocycles. The van der Waals surface area contributed by atoms with E-state index in [4.69, 9.17) is 10.5 Å². The second kappa shape index (κ2) is 4.99. The van der Waals surface area contributed by atoms with Crippen LogP contribution in [0.3, 0.4) is 0 Å². The summed E-state index contributed by atoms with van der Waals surface area (Å²) in [6.07, 6.45) is 1.51. The van der Waals surface area contributed by atoms with Gasteiger partial charge in [-0.3, -0.25) is 0 Å². The molecule has 1 heterocycles. The Kier molecular flexibility index (Phi) is 3.22. The highest BCUT2D eigenvalue weighted by Crippen LogP contribution is 2.24. The maximum atomic E-state index is 9.06. The second-order valence-electron chi connectivity index (χ2n) is 3.70. The minimum atomic E-state index is 0.515. The van der Waals surface area contributed by atoms with Gasteiger partial charge in [-0.1, -0.05) is 12.1 Å². The smallest absolute Gasteiger partial charge is 0.132 e. The molecule has 0 unspecified atom stereocenters. The molecule has 2 rings (SSSR count). The molecule has 0 N–H and O–H groups in total. The Morgan fingerprint density at radius 3 is 2.44 bits per heavy atom. The average Bonchev–Trinajstić information content (AvgIpc) is 2.46. The van der Waals surface area contributed by atoms with E-state index in [9.17, 15) is 0 Å². The molecule has 0 bridgehead atoms. The Bertz CT molecular complexity index is 632. The van der Waals surface area contributed by atoms with Crippen LogP contribution < -0.4 is 4.90 Å². The summed E-state index contributed by atoms with van der Waals surface area (Å²) in [6.45, 7) is 0. The maximum absolute atomic E-state index is 9.06. The highest BCUT2D eigenvalue weighted by molar-refractivity contribution is 5.66. The van der Waals surface area contributed by atoms with Gasteiger partial charge in [0, 0.05) is 13.2 Å². The first-order chi connectivity index (χ1) is 8.76. The Labute approximate surface area is 105 Å². The number of hydrogen-bond donors (Lipinski definition) is 0. The van der Waals surface area contributed by atoms with Crippen molar-refractivity contribution < 1.29 is 0 Å². The van der Waals surface area contributed by atoms with E-state index in [2.05, 4.69) is 11.1 Å².